The molecule has 0 radical (unpaired) electrons. The highest BCUT2D eigenvalue weighted by molar-refractivity contribution is 7.10. The van der Waals surface area contributed by atoms with Crippen molar-refractivity contribution in [2.24, 2.45) is 5.92 Å². The molecule has 0 saturated carbocycles. The Hall–Kier alpha value is -1.60. The Morgan fingerprint density at radius 2 is 2.19 bits per heavy atom. The van der Waals surface area contributed by atoms with Crippen molar-refractivity contribution in [2.45, 2.75) is 12.5 Å². The Kier molecular flexibility index (Phi) is 5.98. The first-order chi connectivity index (χ1) is 13.2. The van der Waals surface area contributed by atoms with Crippen LogP contribution in [0.15, 0.2) is 35.7 Å². The van der Waals surface area contributed by atoms with Crippen LogP contribution in [0.2, 0.25) is 5.02 Å². The lowest BCUT2D eigenvalue weighted by atomic mass is 9.96. The zero-order valence-electron chi connectivity index (χ0n) is 15.0. The molecule has 2 atom stereocenters. The molecule has 2 aliphatic rings. The Labute approximate surface area is 168 Å². The fourth-order valence-electron chi connectivity index (χ4n) is 3.65. The molecule has 1 saturated heterocycles. The van der Waals surface area contributed by atoms with Gasteiger partial charge in [0, 0.05) is 29.5 Å². The van der Waals surface area contributed by atoms with E-state index in [1.54, 1.807) is 11.3 Å². The molecular formula is C20H23ClN2O3S. The average Bonchev–Trinajstić information content (AvgIpc) is 3.22. The zero-order chi connectivity index (χ0) is 18.6. The van der Waals surface area contributed by atoms with Gasteiger partial charge in [-0.25, -0.2) is 0 Å². The molecule has 0 bridgehead atoms. The Morgan fingerprint density at radius 3 is 2.96 bits per heavy atom. The molecule has 1 aromatic heterocycles. The molecule has 4 rings (SSSR count). The van der Waals surface area contributed by atoms with Crippen molar-refractivity contribution < 1.29 is 14.3 Å². The number of rotatable bonds is 5. The van der Waals surface area contributed by atoms with Gasteiger partial charge in [0.05, 0.1) is 25.2 Å². The van der Waals surface area contributed by atoms with Crippen molar-refractivity contribution in [3.63, 3.8) is 0 Å². The maximum atomic E-state index is 12.8. The van der Waals surface area contributed by atoms with Gasteiger partial charge in [-0.15, -0.1) is 11.3 Å². The molecule has 0 spiro atoms. The van der Waals surface area contributed by atoms with Crippen LogP contribution in [0, 0.1) is 5.92 Å². The number of thiophene rings is 1. The van der Waals surface area contributed by atoms with Gasteiger partial charge < -0.3 is 14.8 Å². The smallest absolute Gasteiger partial charge is 0.226 e. The molecule has 0 unspecified atom stereocenters. The average molecular weight is 407 g/mol. The molecule has 2 aromatic rings. The van der Waals surface area contributed by atoms with E-state index in [1.165, 1.54) is 4.88 Å². The number of hydrogen-bond acceptors (Lipinski definition) is 5. The number of ether oxygens (including phenoxy) is 2. The number of nitrogens with zero attached hydrogens (tertiary/aromatic N) is 1. The number of amides is 1. The van der Waals surface area contributed by atoms with Crippen molar-refractivity contribution in [3.8, 4) is 5.75 Å². The second kappa shape index (κ2) is 8.61. The summed E-state index contributed by atoms with van der Waals surface area (Å²) in [6.07, 6.45) is 0.656. The third-order valence-corrected chi connectivity index (χ3v) is 6.34. The van der Waals surface area contributed by atoms with Crippen molar-refractivity contribution >= 4 is 28.8 Å². The highest BCUT2D eigenvalue weighted by Crippen LogP contribution is 2.30. The van der Waals surface area contributed by atoms with Crippen molar-refractivity contribution in [1.82, 2.24) is 10.2 Å². The normalized spacial score (nSPS) is 21.1. The molecule has 1 aromatic carbocycles. The summed E-state index contributed by atoms with van der Waals surface area (Å²) in [5.41, 5.74) is 0.997. The summed E-state index contributed by atoms with van der Waals surface area (Å²) in [6.45, 7) is 4.25. The summed E-state index contributed by atoms with van der Waals surface area (Å²) in [6, 6.07) is 9.96. The van der Waals surface area contributed by atoms with Crippen LogP contribution in [0.25, 0.3) is 0 Å². The van der Waals surface area contributed by atoms with Crippen LogP contribution in [-0.4, -0.2) is 50.3 Å². The van der Waals surface area contributed by atoms with Gasteiger partial charge in [0.2, 0.25) is 5.91 Å². The first-order valence-electron chi connectivity index (χ1n) is 9.25. The van der Waals surface area contributed by atoms with Gasteiger partial charge in [-0.1, -0.05) is 17.7 Å². The van der Waals surface area contributed by atoms with Gasteiger partial charge in [0.1, 0.15) is 12.4 Å². The molecule has 1 N–H and O–H groups in total. The standard InChI is InChI=1S/C20H23ClN2O3S/c21-16-3-4-18-14(11-16)10-15(13-26-18)20(24)22-12-17(19-2-1-9-27-19)23-5-7-25-8-6-23/h1-4,9,11,15,17H,5-8,10,12-13H2,(H,22,24)/t15-,17+/m0/s1. The summed E-state index contributed by atoms with van der Waals surface area (Å²) in [5.74, 6) is 0.674. The van der Waals surface area contributed by atoms with E-state index in [0.29, 0.717) is 24.6 Å². The minimum absolute atomic E-state index is 0.0374. The summed E-state index contributed by atoms with van der Waals surface area (Å²) in [7, 11) is 0. The number of hydrogen-bond donors (Lipinski definition) is 1. The van der Waals surface area contributed by atoms with E-state index in [9.17, 15) is 4.79 Å². The molecule has 1 amide bonds. The first kappa shape index (κ1) is 18.7. The Morgan fingerprint density at radius 1 is 1.33 bits per heavy atom. The van der Waals surface area contributed by atoms with Gasteiger partial charge in [0.15, 0.2) is 0 Å². The summed E-state index contributed by atoms with van der Waals surface area (Å²) >= 11 is 7.81. The molecule has 5 nitrogen and oxygen atoms in total. The van der Waals surface area contributed by atoms with Crippen LogP contribution in [0.5, 0.6) is 5.75 Å². The largest absolute Gasteiger partial charge is 0.492 e. The highest BCUT2D eigenvalue weighted by atomic mass is 35.5. The predicted octanol–water partition coefficient (Wildman–Crippen LogP) is 3.14. The quantitative estimate of drug-likeness (QED) is 0.828. The van der Waals surface area contributed by atoms with Gasteiger partial charge in [-0.05, 0) is 41.6 Å². The SMILES string of the molecule is O=C(NC[C@H](c1cccs1)N1CCOCC1)[C@@H]1COc2ccc(Cl)cc2C1. The lowest BCUT2D eigenvalue weighted by molar-refractivity contribution is -0.126. The maximum absolute atomic E-state index is 12.8. The number of benzene rings is 1. The van der Waals surface area contributed by atoms with E-state index in [4.69, 9.17) is 21.1 Å². The predicted molar refractivity (Wildman–Crippen MR) is 107 cm³/mol. The Bertz CT molecular complexity index is 778. The number of halogens is 1. The molecular weight excluding hydrogens is 384 g/mol. The van der Waals surface area contributed by atoms with E-state index in [1.807, 2.05) is 18.2 Å². The van der Waals surface area contributed by atoms with E-state index in [-0.39, 0.29) is 17.9 Å². The monoisotopic (exact) mass is 406 g/mol. The highest BCUT2D eigenvalue weighted by Gasteiger charge is 2.28. The summed E-state index contributed by atoms with van der Waals surface area (Å²) in [4.78, 5) is 16.4. The molecule has 27 heavy (non-hydrogen) atoms. The Balaban J connectivity index is 1.39. The molecule has 3 heterocycles. The summed E-state index contributed by atoms with van der Waals surface area (Å²) in [5, 5.41) is 5.91. The van der Waals surface area contributed by atoms with Crippen LogP contribution in [0.1, 0.15) is 16.5 Å². The molecule has 144 valence electrons. The van der Waals surface area contributed by atoms with Crippen molar-refractivity contribution in [2.75, 3.05) is 39.5 Å². The zero-order valence-corrected chi connectivity index (χ0v) is 16.6. The van der Waals surface area contributed by atoms with E-state index < -0.39 is 0 Å². The number of nitrogens with one attached hydrogen (secondary N) is 1. The lowest BCUT2D eigenvalue weighted by Gasteiger charge is -2.34. The number of carbonyl (C=O) groups is 1. The van der Waals surface area contributed by atoms with Gasteiger partial charge in [-0.2, -0.15) is 0 Å². The third kappa shape index (κ3) is 4.46. The van der Waals surface area contributed by atoms with E-state index in [0.717, 1.165) is 37.6 Å². The van der Waals surface area contributed by atoms with Crippen LogP contribution >= 0.6 is 22.9 Å². The van der Waals surface area contributed by atoms with Crippen LogP contribution in [0.4, 0.5) is 0 Å². The van der Waals surface area contributed by atoms with E-state index in [2.05, 4.69) is 27.7 Å². The molecule has 7 heteroatoms. The van der Waals surface area contributed by atoms with Gasteiger partial charge in [0.25, 0.3) is 0 Å². The number of fused-ring (bicyclic) bond motifs is 1. The number of carbonyl (C=O) groups excluding carboxylic acids is 1. The van der Waals surface area contributed by atoms with Crippen LogP contribution in [0.3, 0.4) is 0 Å². The topological polar surface area (TPSA) is 50.8 Å². The van der Waals surface area contributed by atoms with Crippen LogP contribution < -0.4 is 10.1 Å². The van der Waals surface area contributed by atoms with Gasteiger partial charge in [-0.3, -0.25) is 9.69 Å². The molecule has 0 aliphatic carbocycles. The minimum atomic E-state index is -0.190. The van der Waals surface area contributed by atoms with E-state index >= 15 is 0 Å². The fraction of sp³-hybridized carbons (Fsp3) is 0.450. The van der Waals surface area contributed by atoms with Crippen molar-refractivity contribution in [1.29, 1.82) is 0 Å². The second-order valence-electron chi connectivity index (χ2n) is 6.89. The number of morpholine rings is 1. The minimum Gasteiger partial charge on any atom is -0.492 e. The van der Waals surface area contributed by atoms with Crippen LogP contribution in [-0.2, 0) is 16.0 Å². The second-order valence-corrected chi connectivity index (χ2v) is 8.30. The lowest BCUT2D eigenvalue weighted by Crippen LogP contribution is -2.45. The van der Waals surface area contributed by atoms with Gasteiger partial charge >= 0.3 is 0 Å². The third-order valence-electron chi connectivity index (χ3n) is 5.13. The summed E-state index contributed by atoms with van der Waals surface area (Å²) < 4.78 is 11.2. The fourth-order valence-corrected chi connectivity index (χ4v) is 4.71. The molecule has 1 fully saturated rings. The van der Waals surface area contributed by atoms with Crippen molar-refractivity contribution in [3.05, 3.63) is 51.2 Å². The first-order valence-corrected chi connectivity index (χ1v) is 10.5. The maximum Gasteiger partial charge on any atom is 0.226 e. The molecule has 2 aliphatic heterocycles.